The number of benzene rings is 3. The quantitative estimate of drug-likeness (QED) is 0.268. The molecular weight excluding hydrogens is 519 g/mol. The molecule has 38 heavy (non-hydrogen) atoms. The van der Waals surface area contributed by atoms with Crippen LogP contribution >= 0.6 is 23.2 Å². The standard InChI is InChI=1S/C30H24Cl2N4O2/c31-22-12-8-19(9-13-22)16-21-4-3-6-25-28(21)35-36(29(25)20-10-14-23(32)15-11-20)27(37)17-38-30-24-5-1-2-7-26(24)33-18-34-30/h1-2,5,7-16,18,25,29H,3-4,6,17H2/b21-16-/t25-,29+/m0/s1. The second-order valence-corrected chi connectivity index (χ2v) is 10.3. The summed E-state index contributed by atoms with van der Waals surface area (Å²) in [6.07, 6.45) is 6.44. The van der Waals surface area contributed by atoms with E-state index in [9.17, 15) is 4.79 Å². The molecule has 0 saturated heterocycles. The Labute approximate surface area is 230 Å². The molecule has 0 unspecified atom stereocenters. The van der Waals surface area contributed by atoms with Crippen LogP contribution in [0.4, 0.5) is 0 Å². The van der Waals surface area contributed by atoms with Crippen LogP contribution in [0, 0.1) is 5.92 Å². The summed E-state index contributed by atoms with van der Waals surface area (Å²) in [4.78, 5) is 22.2. The van der Waals surface area contributed by atoms with Crippen LogP contribution in [0.3, 0.4) is 0 Å². The van der Waals surface area contributed by atoms with Gasteiger partial charge in [0.15, 0.2) is 6.61 Å². The van der Waals surface area contributed by atoms with Gasteiger partial charge in [-0.05, 0) is 78.4 Å². The minimum Gasteiger partial charge on any atom is -0.467 e. The summed E-state index contributed by atoms with van der Waals surface area (Å²) in [5, 5.41) is 8.61. The minimum atomic E-state index is -0.241. The van der Waals surface area contributed by atoms with Crippen LogP contribution in [0.5, 0.6) is 5.88 Å². The van der Waals surface area contributed by atoms with Crippen molar-refractivity contribution >= 4 is 51.8 Å². The molecule has 1 aliphatic carbocycles. The van der Waals surface area contributed by atoms with Crippen molar-refractivity contribution in [3.8, 4) is 5.88 Å². The first-order valence-electron chi connectivity index (χ1n) is 12.5. The zero-order valence-corrected chi connectivity index (χ0v) is 21.9. The van der Waals surface area contributed by atoms with Gasteiger partial charge in [0.1, 0.15) is 6.33 Å². The second-order valence-electron chi connectivity index (χ2n) is 9.42. The molecule has 2 atom stereocenters. The van der Waals surface area contributed by atoms with Gasteiger partial charge >= 0.3 is 0 Å². The van der Waals surface area contributed by atoms with E-state index in [2.05, 4.69) is 16.0 Å². The highest BCUT2D eigenvalue weighted by Crippen LogP contribution is 2.44. The van der Waals surface area contributed by atoms with Gasteiger partial charge in [0.2, 0.25) is 5.88 Å². The number of nitrogens with zero attached hydrogens (tertiary/aromatic N) is 4. The van der Waals surface area contributed by atoms with E-state index >= 15 is 0 Å². The van der Waals surface area contributed by atoms with Gasteiger partial charge in [-0.2, -0.15) is 5.10 Å². The van der Waals surface area contributed by atoms with Crippen LogP contribution in [0.1, 0.15) is 36.4 Å². The monoisotopic (exact) mass is 542 g/mol. The van der Waals surface area contributed by atoms with Gasteiger partial charge in [0.25, 0.3) is 5.91 Å². The normalized spacial score (nSPS) is 19.9. The molecule has 8 heteroatoms. The van der Waals surface area contributed by atoms with E-state index in [1.54, 1.807) is 5.01 Å². The van der Waals surface area contributed by atoms with Gasteiger partial charge in [0.05, 0.1) is 22.7 Å². The van der Waals surface area contributed by atoms with E-state index in [4.69, 9.17) is 33.0 Å². The molecule has 3 aromatic carbocycles. The van der Waals surface area contributed by atoms with Gasteiger partial charge in [-0.1, -0.05) is 59.6 Å². The molecule has 1 fully saturated rings. The van der Waals surface area contributed by atoms with E-state index in [0.717, 1.165) is 52.6 Å². The summed E-state index contributed by atoms with van der Waals surface area (Å²) < 4.78 is 5.92. The van der Waals surface area contributed by atoms with Crippen molar-refractivity contribution in [2.75, 3.05) is 6.61 Å². The Morgan fingerprint density at radius 3 is 2.50 bits per heavy atom. The highest BCUT2D eigenvalue weighted by atomic mass is 35.5. The lowest BCUT2D eigenvalue weighted by Crippen LogP contribution is -2.34. The molecule has 1 aliphatic heterocycles. The minimum absolute atomic E-state index is 0.0762. The number of hydrazone groups is 1. The van der Waals surface area contributed by atoms with Crippen LogP contribution in [-0.2, 0) is 4.79 Å². The molecule has 1 saturated carbocycles. The van der Waals surface area contributed by atoms with Crippen LogP contribution in [0.15, 0.2) is 89.8 Å². The lowest BCUT2D eigenvalue weighted by Gasteiger charge is -2.29. The molecule has 190 valence electrons. The summed E-state index contributed by atoms with van der Waals surface area (Å²) in [7, 11) is 0. The predicted molar refractivity (Wildman–Crippen MR) is 150 cm³/mol. The second kappa shape index (κ2) is 10.6. The average molecular weight is 543 g/mol. The maximum Gasteiger partial charge on any atom is 0.281 e. The lowest BCUT2D eigenvalue weighted by molar-refractivity contribution is -0.135. The Morgan fingerprint density at radius 2 is 1.71 bits per heavy atom. The van der Waals surface area contributed by atoms with Crippen LogP contribution in [0.2, 0.25) is 10.0 Å². The van der Waals surface area contributed by atoms with Gasteiger partial charge in [-0.15, -0.1) is 0 Å². The number of amides is 1. The third kappa shape index (κ3) is 4.89. The number of rotatable bonds is 5. The zero-order chi connectivity index (χ0) is 26.1. The SMILES string of the molecule is O=C(COc1ncnc2ccccc12)N1N=C2/C(=C\c3ccc(Cl)cc3)CCC[C@@H]2[C@H]1c1ccc(Cl)cc1. The van der Waals surface area contributed by atoms with Crippen molar-refractivity contribution in [1.29, 1.82) is 0 Å². The van der Waals surface area contributed by atoms with E-state index in [-0.39, 0.29) is 24.5 Å². The summed E-state index contributed by atoms with van der Waals surface area (Å²) in [6.45, 7) is -0.190. The number of carbonyl (C=O) groups excluding carboxylic acids is 1. The topological polar surface area (TPSA) is 67.7 Å². The van der Waals surface area contributed by atoms with Crippen molar-refractivity contribution in [3.63, 3.8) is 0 Å². The Morgan fingerprint density at radius 1 is 0.974 bits per heavy atom. The number of para-hydroxylation sites is 1. The number of hydrogen-bond donors (Lipinski definition) is 0. The Hall–Kier alpha value is -3.74. The third-order valence-electron chi connectivity index (χ3n) is 7.02. The fourth-order valence-electron chi connectivity index (χ4n) is 5.25. The molecule has 1 aromatic heterocycles. The van der Waals surface area contributed by atoms with E-state index in [1.165, 1.54) is 6.33 Å². The van der Waals surface area contributed by atoms with E-state index in [1.807, 2.05) is 72.8 Å². The number of allylic oxidation sites excluding steroid dienone is 1. The molecular formula is C30H24Cl2N4O2. The largest absolute Gasteiger partial charge is 0.467 e. The van der Waals surface area contributed by atoms with Gasteiger partial charge < -0.3 is 4.74 Å². The number of aromatic nitrogens is 2. The molecule has 0 bridgehead atoms. The van der Waals surface area contributed by atoms with E-state index < -0.39 is 0 Å². The number of halogens is 2. The Kier molecular flexibility index (Phi) is 6.83. The van der Waals surface area contributed by atoms with Gasteiger partial charge in [-0.3, -0.25) is 4.79 Å². The maximum atomic E-state index is 13.6. The first-order valence-corrected chi connectivity index (χ1v) is 13.3. The molecule has 0 N–H and O–H groups in total. The molecule has 1 amide bonds. The molecule has 2 heterocycles. The fraction of sp³-hybridized carbons (Fsp3) is 0.200. The molecule has 2 aliphatic rings. The van der Waals surface area contributed by atoms with E-state index in [0.29, 0.717) is 15.9 Å². The lowest BCUT2D eigenvalue weighted by atomic mass is 9.77. The molecule has 6 rings (SSSR count). The average Bonchev–Trinajstić information content (AvgIpc) is 3.34. The zero-order valence-electron chi connectivity index (χ0n) is 20.4. The molecule has 0 spiro atoms. The number of ether oxygens (including phenoxy) is 1. The van der Waals surface area contributed by atoms with Crippen LogP contribution < -0.4 is 4.74 Å². The molecule has 6 nitrogen and oxygen atoms in total. The fourth-order valence-corrected chi connectivity index (χ4v) is 5.50. The van der Waals surface area contributed by atoms with Crippen molar-refractivity contribution in [3.05, 3.63) is 106 Å². The Balaban J connectivity index is 1.32. The van der Waals surface area contributed by atoms with Crippen LogP contribution in [-0.4, -0.2) is 33.2 Å². The third-order valence-corrected chi connectivity index (χ3v) is 7.52. The highest BCUT2D eigenvalue weighted by Gasteiger charge is 2.43. The van der Waals surface area contributed by atoms with Gasteiger partial charge in [0, 0.05) is 16.0 Å². The predicted octanol–water partition coefficient (Wildman–Crippen LogP) is 7.14. The number of fused-ring (bicyclic) bond motifs is 2. The van der Waals surface area contributed by atoms with Gasteiger partial charge in [-0.25, -0.2) is 15.0 Å². The smallest absolute Gasteiger partial charge is 0.281 e. The number of hydrogen-bond acceptors (Lipinski definition) is 5. The molecule has 0 radical (unpaired) electrons. The van der Waals surface area contributed by atoms with Crippen molar-refractivity contribution < 1.29 is 9.53 Å². The van der Waals surface area contributed by atoms with Crippen LogP contribution in [0.25, 0.3) is 17.0 Å². The maximum absolute atomic E-state index is 13.6. The highest BCUT2D eigenvalue weighted by molar-refractivity contribution is 6.30. The number of carbonyl (C=O) groups is 1. The van der Waals surface area contributed by atoms with Crippen molar-refractivity contribution in [2.45, 2.75) is 25.3 Å². The van der Waals surface area contributed by atoms with Crippen molar-refractivity contribution in [2.24, 2.45) is 11.0 Å². The van der Waals surface area contributed by atoms with Crippen molar-refractivity contribution in [1.82, 2.24) is 15.0 Å². The summed E-state index contributed by atoms with van der Waals surface area (Å²) >= 11 is 12.3. The first kappa shape index (κ1) is 24.6. The summed E-state index contributed by atoms with van der Waals surface area (Å²) in [5.74, 6) is 0.215. The summed E-state index contributed by atoms with van der Waals surface area (Å²) in [6, 6.07) is 22.7. The Bertz CT molecular complexity index is 1550. The molecule has 4 aromatic rings. The summed E-state index contributed by atoms with van der Waals surface area (Å²) in [5.41, 5.74) is 4.90. The first-order chi connectivity index (χ1) is 18.6.